The van der Waals surface area contributed by atoms with Crippen LogP contribution in [0.1, 0.15) is 16.8 Å². The Morgan fingerprint density at radius 1 is 1.19 bits per heavy atom. The normalized spacial score (nSPS) is 11.5. The number of hydrogen-bond donors (Lipinski definition) is 0. The number of benzene rings is 1. The van der Waals surface area contributed by atoms with Crippen molar-refractivity contribution in [3.05, 3.63) is 34.3 Å². The molecule has 7 heteroatoms. The van der Waals surface area contributed by atoms with Crippen LogP contribution in [0.3, 0.4) is 0 Å². The number of rotatable bonds is 4. The number of methoxy groups -OCH3 is 1. The highest BCUT2D eigenvalue weighted by Gasteiger charge is 2.27. The molecular weight excluding hydrogens is 308 g/mol. The van der Waals surface area contributed by atoms with Gasteiger partial charge in [0.05, 0.1) is 17.7 Å². The first kappa shape index (κ1) is 15.8. The topological polar surface area (TPSA) is 59.5 Å². The standard InChI is InChI=1S/C14H18N2O3S2/c1-9-6-12(19-5)7-10(2)13(9)21(17,18)16(4)14-15-11(3)8-20-14/h6-8H,1-5H3. The van der Waals surface area contributed by atoms with Gasteiger partial charge in [0.1, 0.15) is 5.75 Å². The molecule has 0 saturated carbocycles. The minimum atomic E-state index is -3.64. The van der Waals surface area contributed by atoms with Gasteiger partial charge in [-0.15, -0.1) is 11.3 Å². The predicted molar refractivity (Wildman–Crippen MR) is 84.9 cm³/mol. The summed E-state index contributed by atoms with van der Waals surface area (Å²) >= 11 is 1.31. The lowest BCUT2D eigenvalue weighted by atomic mass is 10.1. The molecule has 0 bridgehead atoms. The summed E-state index contributed by atoms with van der Waals surface area (Å²) in [5.74, 6) is 0.650. The van der Waals surface area contributed by atoms with Crippen LogP contribution in [0.4, 0.5) is 5.13 Å². The second-order valence-electron chi connectivity index (χ2n) is 4.83. The fourth-order valence-electron chi connectivity index (χ4n) is 2.16. The second-order valence-corrected chi connectivity index (χ2v) is 7.58. The van der Waals surface area contributed by atoms with E-state index < -0.39 is 10.0 Å². The number of aromatic nitrogens is 1. The first-order valence-electron chi connectivity index (χ1n) is 6.33. The zero-order valence-corrected chi connectivity index (χ0v) is 14.3. The van der Waals surface area contributed by atoms with Crippen LogP contribution in [0.5, 0.6) is 5.75 Å². The van der Waals surface area contributed by atoms with E-state index in [1.54, 1.807) is 33.1 Å². The molecule has 0 atom stereocenters. The van der Waals surface area contributed by atoms with Crippen molar-refractivity contribution in [2.75, 3.05) is 18.5 Å². The van der Waals surface area contributed by atoms with Gasteiger partial charge in [0, 0.05) is 12.4 Å². The first-order chi connectivity index (χ1) is 9.77. The summed E-state index contributed by atoms with van der Waals surface area (Å²) in [6, 6.07) is 3.45. The number of anilines is 1. The van der Waals surface area contributed by atoms with Gasteiger partial charge in [-0.2, -0.15) is 0 Å². The fraction of sp³-hybridized carbons (Fsp3) is 0.357. The van der Waals surface area contributed by atoms with Crippen LogP contribution >= 0.6 is 11.3 Å². The molecule has 0 unspecified atom stereocenters. The van der Waals surface area contributed by atoms with Crippen LogP contribution in [0.15, 0.2) is 22.4 Å². The molecule has 0 spiro atoms. The first-order valence-corrected chi connectivity index (χ1v) is 8.65. The van der Waals surface area contributed by atoms with Crippen LogP contribution in [0, 0.1) is 20.8 Å². The molecule has 2 aromatic rings. The molecule has 0 amide bonds. The minimum Gasteiger partial charge on any atom is -0.497 e. The van der Waals surface area contributed by atoms with Crippen LogP contribution in [-0.2, 0) is 10.0 Å². The smallest absolute Gasteiger partial charge is 0.266 e. The maximum absolute atomic E-state index is 12.8. The zero-order valence-electron chi connectivity index (χ0n) is 12.7. The maximum atomic E-state index is 12.8. The van der Waals surface area contributed by atoms with E-state index in [-0.39, 0.29) is 0 Å². The van der Waals surface area contributed by atoms with Crippen LogP contribution in [0.2, 0.25) is 0 Å². The van der Waals surface area contributed by atoms with Gasteiger partial charge in [-0.05, 0) is 44.0 Å². The average Bonchev–Trinajstić information content (AvgIpc) is 2.83. The summed E-state index contributed by atoms with van der Waals surface area (Å²) in [6.45, 7) is 5.37. The molecule has 0 aliphatic carbocycles. The lowest BCUT2D eigenvalue weighted by Gasteiger charge is -2.20. The Labute approximate surface area is 129 Å². The quantitative estimate of drug-likeness (QED) is 0.867. The van der Waals surface area contributed by atoms with Gasteiger partial charge in [-0.3, -0.25) is 0 Å². The molecule has 0 radical (unpaired) electrons. The molecule has 5 nitrogen and oxygen atoms in total. The van der Waals surface area contributed by atoms with Crippen molar-refractivity contribution >= 4 is 26.5 Å². The van der Waals surface area contributed by atoms with Crippen LogP contribution in [0.25, 0.3) is 0 Å². The molecule has 2 rings (SSSR count). The van der Waals surface area contributed by atoms with E-state index in [1.807, 2.05) is 12.3 Å². The van der Waals surface area contributed by atoms with E-state index in [0.29, 0.717) is 26.9 Å². The fourth-order valence-corrected chi connectivity index (χ4v) is 4.71. The summed E-state index contributed by atoms with van der Waals surface area (Å²) in [6.07, 6.45) is 0. The second kappa shape index (κ2) is 5.65. The zero-order chi connectivity index (χ0) is 15.8. The van der Waals surface area contributed by atoms with Gasteiger partial charge < -0.3 is 4.74 Å². The molecule has 1 aromatic carbocycles. The Morgan fingerprint density at radius 3 is 2.19 bits per heavy atom. The van der Waals surface area contributed by atoms with Crippen molar-refractivity contribution in [3.8, 4) is 5.75 Å². The van der Waals surface area contributed by atoms with Crippen molar-refractivity contribution in [1.82, 2.24) is 4.98 Å². The molecular formula is C14H18N2O3S2. The van der Waals surface area contributed by atoms with Gasteiger partial charge in [0.2, 0.25) is 0 Å². The Balaban J connectivity index is 2.54. The summed E-state index contributed by atoms with van der Waals surface area (Å²) in [5, 5.41) is 2.29. The summed E-state index contributed by atoms with van der Waals surface area (Å²) in [5.41, 5.74) is 2.12. The van der Waals surface area contributed by atoms with E-state index in [4.69, 9.17) is 4.74 Å². The summed E-state index contributed by atoms with van der Waals surface area (Å²) in [7, 11) is -0.552. The molecule has 21 heavy (non-hydrogen) atoms. The third kappa shape index (κ3) is 2.89. The Hall–Kier alpha value is -1.60. The molecule has 0 fully saturated rings. The number of nitrogens with zero attached hydrogens (tertiary/aromatic N) is 2. The number of aryl methyl sites for hydroxylation is 3. The third-order valence-corrected chi connectivity index (χ3v) is 6.37. The van der Waals surface area contributed by atoms with Crippen molar-refractivity contribution in [1.29, 1.82) is 0 Å². The number of thiazole rings is 1. The largest absolute Gasteiger partial charge is 0.497 e. The Kier molecular flexibility index (Phi) is 4.25. The number of sulfonamides is 1. The van der Waals surface area contributed by atoms with Crippen LogP contribution in [-0.4, -0.2) is 27.6 Å². The van der Waals surface area contributed by atoms with Crippen molar-refractivity contribution in [2.24, 2.45) is 0 Å². The van der Waals surface area contributed by atoms with E-state index in [1.165, 1.54) is 22.7 Å². The molecule has 0 aliphatic rings. The lowest BCUT2D eigenvalue weighted by molar-refractivity contribution is 0.413. The van der Waals surface area contributed by atoms with Crippen molar-refractivity contribution in [3.63, 3.8) is 0 Å². The Morgan fingerprint density at radius 2 is 1.76 bits per heavy atom. The van der Waals surface area contributed by atoms with Gasteiger partial charge in [-0.1, -0.05) is 0 Å². The van der Waals surface area contributed by atoms with E-state index in [2.05, 4.69) is 4.98 Å². The maximum Gasteiger partial charge on any atom is 0.266 e. The predicted octanol–water partition coefficient (Wildman–Crippen LogP) is 2.90. The van der Waals surface area contributed by atoms with Crippen LogP contribution < -0.4 is 9.04 Å². The van der Waals surface area contributed by atoms with Crippen molar-refractivity contribution in [2.45, 2.75) is 25.7 Å². The minimum absolute atomic E-state index is 0.304. The highest BCUT2D eigenvalue weighted by molar-refractivity contribution is 7.93. The summed E-state index contributed by atoms with van der Waals surface area (Å²) < 4.78 is 32.1. The SMILES string of the molecule is COc1cc(C)c(S(=O)(=O)N(C)c2nc(C)cs2)c(C)c1. The lowest BCUT2D eigenvalue weighted by Crippen LogP contribution is -2.27. The van der Waals surface area contributed by atoms with Gasteiger partial charge in [-0.25, -0.2) is 17.7 Å². The summed E-state index contributed by atoms with van der Waals surface area (Å²) in [4.78, 5) is 4.54. The molecule has 0 saturated heterocycles. The van der Waals surface area contributed by atoms with Gasteiger partial charge in [0.15, 0.2) is 5.13 Å². The molecule has 1 heterocycles. The van der Waals surface area contributed by atoms with E-state index in [0.717, 1.165) is 5.69 Å². The van der Waals surface area contributed by atoms with Gasteiger partial charge in [0.25, 0.3) is 10.0 Å². The van der Waals surface area contributed by atoms with Crippen molar-refractivity contribution < 1.29 is 13.2 Å². The molecule has 114 valence electrons. The monoisotopic (exact) mass is 326 g/mol. The van der Waals surface area contributed by atoms with E-state index in [9.17, 15) is 8.42 Å². The highest BCUT2D eigenvalue weighted by Crippen LogP contribution is 2.31. The highest BCUT2D eigenvalue weighted by atomic mass is 32.2. The molecule has 0 N–H and O–H groups in total. The average molecular weight is 326 g/mol. The molecule has 1 aromatic heterocycles. The number of hydrogen-bond acceptors (Lipinski definition) is 5. The number of ether oxygens (including phenoxy) is 1. The third-order valence-electron chi connectivity index (χ3n) is 3.16. The van der Waals surface area contributed by atoms with E-state index >= 15 is 0 Å². The molecule has 0 aliphatic heterocycles. The Bertz CT molecular complexity index is 743. The van der Waals surface area contributed by atoms with Gasteiger partial charge >= 0.3 is 0 Å².